The number of hydrogen-bond donors (Lipinski definition) is 1. The second-order valence-electron chi connectivity index (χ2n) is 8.48. The molecule has 0 bridgehead atoms. The van der Waals surface area contributed by atoms with Crippen LogP contribution in [0.1, 0.15) is 39.2 Å². The van der Waals surface area contributed by atoms with Crippen molar-refractivity contribution in [1.29, 1.82) is 0 Å². The Morgan fingerprint density at radius 2 is 2.10 bits per heavy atom. The number of benzene rings is 1. The largest absolute Gasteiger partial charge is 0.483 e. The van der Waals surface area contributed by atoms with Crippen molar-refractivity contribution in [2.24, 2.45) is 0 Å². The quantitative estimate of drug-likeness (QED) is 0.782. The van der Waals surface area contributed by atoms with Gasteiger partial charge < -0.3 is 19.7 Å². The summed E-state index contributed by atoms with van der Waals surface area (Å²) < 4.78 is 10.9. The molecule has 2 heterocycles. The van der Waals surface area contributed by atoms with Crippen molar-refractivity contribution in [1.82, 2.24) is 15.1 Å². The number of amides is 3. The number of nitrogens with one attached hydrogen (secondary N) is 1. The Balaban J connectivity index is 1.54. The molecule has 0 aromatic heterocycles. The van der Waals surface area contributed by atoms with Crippen LogP contribution in [0.2, 0.25) is 5.02 Å². The van der Waals surface area contributed by atoms with Crippen LogP contribution in [0.25, 0.3) is 0 Å². The lowest BCUT2D eigenvalue weighted by Crippen LogP contribution is -2.49. The molecule has 164 valence electrons. The van der Waals surface area contributed by atoms with Crippen molar-refractivity contribution in [3.8, 4) is 5.75 Å². The van der Waals surface area contributed by atoms with E-state index in [9.17, 15) is 14.4 Å². The highest BCUT2D eigenvalue weighted by molar-refractivity contribution is 6.30. The van der Waals surface area contributed by atoms with Gasteiger partial charge in [-0.2, -0.15) is 0 Å². The number of carbonyl (C=O) groups is 3. The monoisotopic (exact) mass is 437 g/mol. The molecule has 1 aromatic rings. The van der Waals surface area contributed by atoms with Gasteiger partial charge in [0.25, 0.3) is 5.91 Å². The summed E-state index contributed by atoms with van der Waals surface area (Å²) in [6.07, 6.45) is 0.859. The Morgan fingerprint density at radius 3 is 2.83 bits per heavy atom. The van der Waals surface area contributed by atoms with E-state index in [2.05, 4.69) is 5.32 Å². The van der Waals surface area contributed by atoms with Crippen molar-refractivity contribution in [2.75, 3.05) is 26.2 Å². The van der Waals surface area contributed by atoms with Crippen molar-refractivity contribution in [3.05, 3.63) is 28.8 Å². The van der Waals surface area contributed by atoms with Crippen molar-refractivity contribution >= 4 is 29.5 Å². The number of ether oxygens (including phenoxy) is 2. The average molecular weight is 438 g/mol. The minimum absolute atomic E-state index is 0.0579. The molecule has 1 unspecified atom stereocenters. The molecule has 2 aliphatic heterocycles. The van der Waals surface area contributed by atoms with E-state index in [0.29, 0.717) is 36.8 Å². The van der Waals surface area contributed by atoms with E-state index in [1.807, 2.05) is 0 Å². The molecule has 2 aliphatic rings. The number of carbonyl (C=O) groups excluding carboxylic acids is 3. The van der Waals surface area contributed by atoms with E-state index in [1.165, 1.54) is 4.90 Å². The second-order valence-corrected chi connectivity index (χ2v) is 8.92. The SMILES string of the molecule is CC(C)(C)OC(=O)N1CCCC1C(=O)NCCN1Cc2cc(Cl)ccc2OCC1=O. The summed E-state index contributed by atoms with van der Waals surface area (Å²) in [5.74, 6) is 0.242. The Labute approximate surface area is 181 Å². The van der Waals surface area contributed by atoms with Gasteiger partial charge >= 0.3 is 6.09 Å². The zero-order valence-corrected chi connectivity index (χ0v) is 18.3. The standard InChI is InChI=1S/C21H28ClN3O5/c1-21(2,3)30-20(28)25-9-4-5-16(25)19(27)23-8-10-24-12-14-11-15(22)6-7-17(14)29-13-18(24)26/h6-7,11,16H,4-5,8-10,12-13H2,1-3H3,(H,23,27). The fourth-order valence-corrected chi connectivity index (χ4v) is 3.75. The minimum atomic E-state index is -0.616. The highest BCUT2D eigenvalue weighted by Gasteiger charge is 2.36. The maximum atomic E-state index is 12.7. The Morgan fingerprint density at radius 1 is 1.33 bits per heavy atom. The number of fused-ring (bicyclic) bond motifs is 1. The van der Waals surface area contributed by atoms with Crippen LogP contribution in [0.4, 0.5) is 4.79 Å². The topological polar surface area (TPSA) is 88.2 Å². The van der Waals surface area contributed by atoms with Crippen molar-refractivity contribution < 1.29 is 23.9 Å². The maximum absolute atomic E-state index is 12.7. The summed E-state index contributed by atoms with van der Waals surface area (Å²) in [6.45, 7) is 6.79. The first kappa shape index (κ1) is 22.2. The fourth-order valence-electron chi connectivity index (χ4n) is 3.55. The summed E-state index contributed by atoms with van der Waals surface area (Å²) in [5, 5.41) is 3.42. The van der Waals surface area contributed by atoms with Crippen LogP contribution < -0.4 is 10.1 Å². The first-order chi connectivity index (χ1) is 14.1. The van der Waals surface area contributed by atoms with Gasteiger partial charge in [0.1, 0.15) is 17.4 Å². The molecule has 30 heavy (non-hydrogen) atoms. The van der Waals surface area contributed by atoms with Crippen LogP contribution >= 0.6 is 11.6 Å². The third-order valence-electron chi connectivity index (χ3n) is 4.95. The van der Waals surface area contributed by atoms with E-state index in [4.69, 9.17) is 21.1 Å². The summed E-state index contributed by atoms with van der Waals surface area (Å²) >= 11 is 6.05. The van der Waals surface area contributed by atoms with E-state index in [0.717, 1.165) is 12.0 Å². The van der Waals surface area contributed by atoms with Crippen LogP contribution in [0.5, 0.6) is 5.75 Å². The van der Waals surface area contributed by atoms with Crippen LogP contribution in [-0.4, -0.2) is 65.6 Å². The highest BCUT2D eigenvalue weighted by Crippen LogP contribution is 2.26. The van der Waals surface area contributed by atoms with Crippen LogP contribution in [-0.2, 0) is 20.9 Å². The zero-order valence-electron chi connectivity index (χ0n) is 17.6. The van der Waals surface area contributed by atoms with Gasteiger partial charge in [0, 0.05) is 36.8 Å². The lowest BCUT2D eigenvalue weighted by atomic mass is 10.2. The molecule has 0 radical (unpaired) electrons. The van der Waals surface area contributed by atoms with E-state index in [-0.39, 0.29) is 25.0 Å². The summed E-state index contributed by atoms with van der Waals surface area (Å²) in [4.78, 5) is 40.5. The average Bonchev–Trinajstić information content (AvgIpc) is 3.09. The molecule has 0 spiro atoms. The lowest BCUT2D eigenvalue weighted by Gasteiger charge is -2.28. The molecule has 1 saturated heterocycles. The van der Waals surface area contributed by atoms with Crippen molar-refractivity contribution in [3.63, 3.8) is 0 Å². The smallest absolute Gasteiger partial charge is 0.410 e. The maximum Gasteiger partial charge on any atom is 0.410 e. The molecule has 3 amide bonds. The van der Waals surface area contributed by atoms with E-state index in [1.54, 1.807) is 43.9 Å². The van der Waals surface area contributed by atoms with Crippen LogP contribution in [0.15, 0.2) is 18.2 Å². The first-order valence-electron chi connectivity index (χ1n) is 10.1. The molecule has 1 N–H and O–H groups in total. The third-order valence-corrected chi connectivity index (χ3v) is 5.19. The Hall–Kier alpha value is -2.48. The second kappa shape index (κ2) is 9.12. The number of nitrogens with zero attached hydrogens (tertiary/aromatic N) is 2. The number of likely N-dealkylation sites (tertiary alicyclic amines) is 1. The lowest BCUT2D eigenvalue weighted by molar-refractivity contribution is -0.133. The van der Waals surface area contributed by atoms with Gasteiger partial charge in [0.05, 0.1) is 0 Å². The van der Waals surface area contributed by atoms with Gasteiger partial charge in [-0.25, -0.2) is 4.79 Å². The molecule has 0 saturated carbocycles. The summed E-state index contributed by atoms with van der Waals surface area (Å²) in [7, 11) is 0. The number of rotatable bonds is 4. The number of halogens is 1. The molecule has 1 atom stereocenters. The normalized spacial score (nSPS) is 19.1. The van der Waals surface area contributed by atoms with Gasteiger partial charge in [0.2, 0.25) is 5.91 Å². The first-order valence-corrected chi connectivity index (χ1v) is 10.5. The summed E-state index contributed by atoms with van der Waals surface area (Å²) in [5.41, 5.74) is 0.210. The molecule has 9 heteroatoms. The third kappa shape index (κ3) is 5.56. The predicted octanol–water partition coefficient (Wildman–Crippen LogP) is 2.58. The van der Waals surface area contributed by atoms with Crippen molar-refractivity contribution in [2.45, 2.75) is 51.8 Å². The highest BCUT2D eigenvalue weighted by atomic mass is 35.5. The van der Waals surface area contributed by atoms with Gasteiger partial charge in [-0.05, 0) is 51.8 Å². The molecule has 1 fully saturated rings. The van der Waals surface area contributed by atoms with Gasteiger partial charge in [-0.3, -0.25) is 14.5 Å². The van der Waals surface area contributed by atoms with Crippen LogP contribution in [0.3, 0.4) is 0 Å². The minimum Gasteiger partial charge on any atom is -0.483 e. The Kier molecular flexibility index (Phi) is 6.75. The van der Waals surface area contributed by atoms with Gasteiger partial charge in [-0.15, -0.1) is 0 Å². The molecule has 1 aromatic carbocycles. The zero-order chi connectivity index (χ0) is 21.9. The molecule has 8 nitrogen and oxygen atoms in total. The molecular weight excluding hydrogens is 410 g/mol. The fraction of sp³-hybridized carbons (Fsp3) is 0.571. The summed E-state index contributed by atoms with van der Waals surface area (Å²) in [6, 6.07) is 4.70. The number of hydrogen-bond acceptors (Lipinski definition) is 5. The molecule has 3 rings (SSSR count). The van der Waals surface area contributed by atoms with Crippen LogP contribution in [0, 0.1) is 0 Å². The predicted molar refractivity (Wildman–Crippen MR) is 111 cm³/mol. The Bertz CT molecular complexity index is 823. The van der Waals surface area contributed by atoms with Gasteiger partial charge in [-0.1, -0.05) is 11.6 Å². The molecule has 0 aliphatic carbocycles. The van der Waals surface area contributed by atoms with Gasteiger partial charge in [0.15, 0.2) is 6.61 Å². The van der Waals surface area contributed by atoms with E-state index < -0.39 is 17.7 Å². The molecular formula is C21H28ClN3O5. The van der Waals surface area contributed by atoms with E-state index >= 15 is 0 Å².